The van der Waals surface area contributed by atoms with Crippen LogP contribution in [0.15, 0.2) is 30.3 Å². The van der Waals surface area contributed by atoms with E-state index in [1.54, 1.807) is 0 Å². The van der Waals surface area contributed by atoms with Crippen LogP contribution in [0.3, 0.4) is 0 Å². The predicted molar refractivity (Wildman–Crippen MR) is 122 cm³/mol. The van der Waals surface area contributed by atoms with Gasteiger partial charge in [0.05, 0.1) is 0 Å². The molecule has 2 saturated carbocycles. The topological polar surface area (TPSA) is 0 Å². The van der Waals surface area contributed by atoms with Crippen LogP contribution in [-0.2, 0) is 0 Å². The number of hydrogen-bond acceptors (Lipinski definition) is 0. The van der Waals surface area contributed by atoms with E-state index in [0.29, 0.717) is 0 Å². The van der Waals surface area contributed by atoms with Crippen LogP contribution >= 0.6 is 0 Å². The van der Waals surface area contributed by atoms with Crippen LogP contribution in [0, 0.1) is 35.5 Å². The summed E-state index contributed by atoms with van der Waals surface area (Å²) in [5, 5.41) is 0. The minimum absolute atomic E-state index is 0.861. The Morgan fingerprint density at radius 2 is 1.15 bits per heavy atom. The van der Waals surface area contributed by atoms with Crippen LogP contribution in [0.2, 0.25) is 7.87 Å². The predicted octanol–water partition coefficient (Wildman–Crippen LogP) is 7.31. The SMILES string of the molecule is CC(C)[C@@H]1CC[C@@H](C)C[CH]1[Sn]([c]1ccccc1)[CH]1C[C@H](C)CC[C@H]1C(C)C. The molecule has 27 heavy (non-hydrogen) atoms. The third-order valence-electron chi connectivity index (χ3n) is 7.95. The summed E-state index contributed by atoms with van der Waals surface area (Å²) in [6.07, 6.45) is 8.99. The molecule has 1 heteroatoms. The number of rotatable bonds is 5. The third-order valence-corrected chi connectivity index (χ3v) is 19.2. The molecule has 0 bridgehead atoms. The van der Waals surface area contributed by atoms with Crippen LogP contribution in [0.5, 0.6) is 0 Å². The summed E-state index contributed by atoms with van der Waals surface area (Å²) < 4.78 is 3.97. The molecule has 0 N–H and O–H groups in total. The van der Waals surface area contributed by atoms with Crippen LogP contribution in [0.25, 0.3) is 0 Å². The van der Waals surface area contributed by atoms with Crippen LogP contribution < -0.4 is 3.58 Å². The van der Waals surface area contributed by atoms with Gasteiger partial charge in [0, 0.05) is 0 Å². The fourth-order valence-electron chi connectivity index (χ4n) is 6.45. The second kappa shape index (κ2) is 9.68. The molecule has 1 radical (unpaired) electrons. The molecule has 2 aliphatic rings. The van der Waals surface area contributed by atoms with E-state index >= 15 is 0 Å². The van der Waals surface area contributed by atoms with E-state index in [1.165, 1.54) is 38.5 Å². The standard InChI is InChI=1S/2C10H19.C6H5.Sn/c2*1-8(2)10-6-4-9(3)5-7-10;1-2-4-6-5-3-1;/h2*6,8-10H,4-5,7H2,1-3H3;1-5H;/t2*9-,10-;;/m00../s1. The quantitative estimate of drug-likeness (QED) is 0.393. The Hall–Kier alpha value is 0.0187. The van der Waals surface area contributed by atoms with Gasteiger partial charge in [-0.05, 0) is 0 Å². The monoisotopic (exact) mass is 475 g/mol. The molecule has 0 aliphatic heterocycles. The zero-order valence-corrected chi connectivity index (χ0v) is 21.6. The summed E-state index contributed by atoms with van der Waals surface area (Å²) in [6, 6.07) is 12.0. The van der Waals surface area contributed by atoms with Crippen molar-refractivity contribution in [1.82, 2.24) is 0 Å². The first-order valence-corrected chi connectivity index (χ1v) is 16.5. The van der Waals surface area contributed by atoms with Gasteiger partial charge in [-0.2, -0.15) is 0 Å². The summed E-state index contributed by atoms with van der Waals surface area (Å²) in [4.78, 5) is 0. The molecule has 151 valence electrons. The molecule has 0 aromatic heterocycles. The van der Waals surface area contributed by atoms with Gasteiger partial charge in [0.25, 0.3) is 0 Å². The van der Waals surface area contributed by atoms with Gasteiger partial charge in [0.1, 0.15) is 0 Å². The first-order valence-electron chi connectivity index (χ1n) is 11.8. The fourth-order valence-corrected chi connectivity index (χ4v) is 21.6. The molecule has 2 fully saturated rings. The van der Waals surface area contributed by atoms with Crippen molar-refractivity contribution in [3.05, 3.63) is 30.3 Å². The maximum atomic E-state index is 2.54. The Balaban J connectivity index is 2.02. The van der Waals surface area contributed by atoms with Crippen LogP contribution in [0.4, 0.5) is 0 Å². The second-order valence-corrected chi connectivity index (χ2v) is 19.2. The van der Waals surface area contributed by atoms with Crippen LogP contribution in [0.1, 0.15) is 80.1 Å². The van der Waals surface area contributed by atoms with Crippen molar-refractivity contribution in [2.45, 2.75) is 87.9 Å². The maximum absolute atomic E-state index is 2.54. The third kappa shape index (κ3) is 5.14. The molecule has 3 rings (SSSR count). The molecule has 0 nitrogen and oxygen atoms in total. The zero-order chi connectivity index (χ0) is 19.6. The van der Waals surface area contributed by atoms with Gasteiger partial charge >= 0.3 is 177 Å². The van der Waals surface area contributed by atoms with Crippen molar-refractivity contribution >= 4 is 23.3 Å². The van der Waals surface area contributed by atoms with E-state index in [2.05, 4.69) is 71.9 Å². The van der Waals surface area contributed by atoms with Crippen molar-refractivity contribution < 1.29 is 0 Å². The van der Waals surface area contributed by atoms with E-state index < -0.39 is 19.8 Å². The van der Waals surface area contributed by atoms with E-state index in [-0.39, 0.29) is 0 Å². The molecule has 0 saturated heterocycles. The molecular formula is C26H43Sn. The van der Waals surface area contributed by atoms with Gasteiger partial charge < -0.3 is 0 Å². The second-order valence-electron chi connectivity index (χ2n) is 10.7. The average Bonchev–Trinajstić information content (AvgIpc) is 2.62. The van der Waals surface area contributed by atoms with Gasteiger partial charge in [-0.1, -0.05) is 0 Å². The van der Waals surface area contributed by atoms with E-state index in [9.17, 15) is 0 Å². The molecule has 1 aromatic rings. The Morgan fingerprint density at radius 1 is 0.704 bits per heavy atom. The van der Waals surface area contributed by atoms with Crippen molar-refractivity contribution in [3.8, 4) is 0 Å². The van der Waals surface area contributed by atoms with Gasteiger partial charge in [0.2, 0.25) is 0 Å². The summed E-state index contributed by atoms with van der Waals surface area (Å²) in [5.74, 6) is 5.59. The van der Waals surface area contributed by atoms with Crippen molar-refractivity contribution in [3.63, 3.8) is 0 Å². The first-order chi connectivity index (χ1) is 12.9. The van der Waals surface area contributed by atoms with E-state index in [0.717, 1.165) is 43.4 Å². The Morgan fingerprint density at radius 3 is 1.56 bits per heavy atom. The van der Waals surface area contributed by atoms with E-state index in [1.807, 2.05) is 3.58 Å². The van der Waals surface area contributed by atoms with E-state index in [4.69, 9.17) is 0 Å². The molecule has 2 aliphatic carbocycles. The minimum atomic E-state index is -1.82. The van der Waals surface area contributed by atoms with Gasteiger partial charge in [0.15, 0.2) is 0 Å². The summed E-state index contributed by atoms with van der Waals surface area (Å²) >= 11 is -1.82. The Kier molecular flexibility index (Phi) is 7.79. The molecule has 2 unspecified atom stereocenters. The van der Waals surface area contributed by atoms with Crippen molar-refractivity contribution in [1.29, 1.82) is 0 Å². The molecule has 1 aromatic carbocycles. The van der Waals surface area contributed by atoms with Gasteiger partial charge in [-0.25, -0.2) is 0 Å². The Labute approximate surface area is 176 Å². The summed E-state index contributed by atoms with van der Waals surface area (Å²) in [5.41, 5.74) is 0. The first kappa shape index (κ1) is 21.7. The molecule has 6 atom stereocenters. The van der Waals surface area contributed by atoms with Gasteiger partial charge in [-0.15, -0.1) is 0 Å². The summed E-state index contributed by atoms with van der Waals surface area (Å²) in [7, 11) is 0. The number of hydrogen-bond donors (Lipinski definition) is 0. The van der Waals surface area contributed by atoms with Crippen molar-refractivity contribution in [2.75, 3.05) is 0 Å². The molecule has 0 amide bonds. The molecule has 0 spiro atoms. The number of benzene rings is 1. The molecule has 0 heterocycles. The fraction of sp³-hybridized carbons (Fsp3) is 0.769. The summed E-state index contributed by atoms with van der Waals surface area (Å²) in [6.45, 7) is 15.1. The zero-order valence-electron chi connectivity index (χ0n) is 18.7. The molecular weight excluding hydrogens is 431 g/mol. The van der Waals surface area contributed by atoms with Crippen molar-refractivity contribution in [2.24, 2.45) is 35.5 Å². The average molecular weight is 474 g/mol. The Bertz CT molecular complexity index is 531. The van der Waals surface area contributed by atoms with Crippen LogP contribution in [-0.4, -0.2) is 19.8 Å². The van der Waals surface area contributed by atoms with Gasteiger partial charge in [-0.3, -0.25) is 0 Å². The normalized spacial score (nSPS) is 35.1.